The van der Waals surface area contributed by atoms with Crippen molar-refractivity contribution >= 4 is 45.5 Å². The molecule has 3 heteroatoms. The number of nitrogens with one attached hydrogen (secondary N) is 2. The summed E-state index contributed by atoms with van der Waals surface area (Å²) in [6, 6.07) is 29.3. The first-order valence-electron chi connectivity index (χ1n) is 19.1. The molecule has 0 saturated heterocycles. The molecule has 0 unspecified atom stereocenters. The Bertz CT molecular complexity index is 2700. The normalized spacial score (nSPS) is 16.2. The lowest BCUT2D eigenvalue weighted by Gasteiger charge is -2.30. The highest BCUT2D eigenvalue weighted by atomic mass is 15.0. The average Bonchev–Trinajstić information content (AvgIpc) is 3.66. The molecule has 5 aromatic carbocycles. The molecule has 0 radical (unpaired) electrons. The largest absolute Gasteiger partial charge is 0.347 e. The highest BCUT2D eigenvalue weighted by Crippen LogP contribution is 2.55. The predicted octanol–water partition coefficient (Wildman–Crippen LogP) is 12.6. The number of amidine groups is 1. The van der Waals surface area contributed by atoms with Gasteiger partial charge in [-0.25, -0.2) is 0 Å². The quantitative estimate of drug-likeness (QED) is 0.138. The van der Waals surface area contributed by atoms with Gasteiger partial charge < -0.3 is 9.88 Å². The maximum absolute atomic E-state index is 8.96. The summed E-state index contributed by atoms with van der Waals surface area (Å²) in [7, 11) is 0. The van der Waals surface area contributed by atoms with Crippen molar-refractivity contribution in [3.63, 3.8) is 0 Å². The molecule has 0 saturated carbocycles. The summed E-state index contributed by atoms with van der Waals surface area (Å²) in [5, 5.41) is 14.5. The van der Waals surface area contributed by atoms with Crippen molar-refractivity contribution in [2.45, 2.75) is 57.8 Å². The van der Waals surface area contributed by atoms with Crippen LogP contribution in [0.4, 0.5) is 0 Å². The van der Waals surface area contributed by atoms with Crippen LogP contribution in [-0.2, 0) is 18.3 Å². The van der Waals surface area contributed by atoms with Gasteiger partial charge in [-0.3, -0.25) is 5.41 Å². The third kappa shape index (κ3) is 4.83. The Kier molecular flexibility index (Phi) is 7.23. The van der Waals surface area contributed by atoms with E-state index in [1.807, 2.05) is 0 Å². The molecule has 0 aliphatic heterocycles. The molecule has 0 spiro atoms. The number of hydrogen-bond acceptors (Lipinski definition) is 1. The van der Waals surface area contributed by atoms with Crippen molar-refractivity contribution in [2.24, 2.45) is 0 Å². The molecular weight excluding hydrogens is 643 g/mol. The molecule has 4 aliphatic rings. The fraction of sp³-hybridized carbons (Fsp3) is 0.180. The van der Waals surface area contributed by atoms with E-state index in [9.17, 15) is 0 Å². The Morgan fingerprint density at radius 1 is 0.736 bits per heavy atom. The third-order valence-electron chi connectivity index (χ3n) is 12.2. The summed E-state index contributed by atoms with van der Waals surface area (Å²) in [6.45, 7) is 8.69. The van der Waals surface area contributed by atoms with Gasteiger partial charge in [0, 0.05) is 27.4 Å². The fourth-order valence-electron chi connectivity index (χ4n) is 9.74. The maximum Gasteiger partial charge on any atom is 0.129 e. The fourth-order valence-corrected chi connectivity index (χ4v) is 9.74. The molecule has 6 aromatic rings. The zero-order chi connectivity index (χ0) is 35.8. The Hall–Kier alpha value is -5.93. The summed E-state index contributed by atoms with van der Waals surface area (Å²) in [6.07, 6.45) is 24.4. The second-order valence-corrected chi connectivity index (χ2v) is 15.5. The smallest absolute Gasteiger partial charge is 0.129 e. The molecular formula is C50H43N3. The Balaban J connectivity index is 1.15. The van der Waals surface area contributed by atoms with Gasteiger partial charge in [-0.1, -0.05) is 99.3 Å². The summed E-state index contributed by atoms with van der Waals surface area (Å²) < 4.78 is 2.45. The van der Waals surface area contributed by atoms with Crippen LogP contribution in [-0.4, -0.2) is 10.4 Å². The van der Waals surface area contributed by atoms with Crippen LogP contribution in [0.15, 0.2) is 122 Å². The topological polar surface area (TPSA) is 40.8 Å². The maximum atomic E-state index is 8.96. The molecule has 0 bridgehead atoms. The highest BCUT2D eigenvalue weighted by molar-refractivity contribution is 6.11. The van der Waals surface area contributed by atoms with Crippen LogP contribution < -0.4 is 5.32 Å². The van der Waals surface area contributed by atoms with Crippen molar-refractivity contribution < 1.29 is 0 Å². The van der Waals surface area contributed by atoms with Gasteiger partial charge >= 0.3 is 0 Å². The van der Waals surface area contributed by atoms with Crippen molar-refractivity contribution in [3.05, 3.63) is 161 Å². The van der Waals surface area contributed by atoms with Crippen LogP contribution in [0.5, 0.6) is 0 Å². The van der Waals surface area contributed by atoms with E-state index in [0.717, 1.165) is 60.8 Å². The van der Waals surface area contributed by atoms with Crippen molar-refractivity contribution in [3.8, 4) is 33.4 Å². The summed E-state index contributed by atoms with van der Waals surface area (Å²) in [4.78, 5) is 0. The zero-order valence-electron chi connectivity index (χ0n) is 30.5. The van der Waals surface area contributed by atoms with Gasteiger partial charge in [-0.2, -0.15) is 0 Å². The molecule has 53 heavy (non-hydrogen) atoms. The molecule has 10 rings (SSSR count). The van der Waals surface area contributed by atoms with Gasteiger partial charge in [0.2, 0.25) is 0 Å². The molecule has 0 amide bonds. The zero-order valence-corrected chi connectivity index (χ0v) is 30.5. The van der Waals surface area contributed by atoms with Crippen LogP contribution in [0.1, 0.15) is 78.5 Å². The van der Waals surface area contributed by atoms with Crippen LogP contribution in [0.3, 0.4) is 0 Å². The monoisotopic (exact) mass is 685 g/mol. The summed E-state index contributed by atoms with van der Waals surface area (Å²) in [5.74, 6) is 0.336. The number of fused-ring (bicyclic) bond motifs is 11. The predicted molar refractivity (Wildman–Crippen MR) is 225 cm³/mol. The van der Waals surface area contributed by atoms with Gasteiger partial charge in [0.05, 0.1) is 11.0 Å². The molecule has 1 aromatic heterocycles. The number of para-hydroxylation sites is 1. The van der Waals surface area contributed by atoms with Gasteiger partial charge in [-0.15, -0.1) is 0 Å². The van der Waals surface area contributed by atoms with Crippen LogP contribution in [0.2, 0.25) is 0 Å². The first kappa shape index (κ1) is 31.8. The van der Waals surface area contributed by atoms with E-state index in [2.05, 4.69) is 152 Å². The van der Waals surface area contributed by atoms with E-state index in [1.165, 1.54) is 66.4 Å². The van der Waals surface area contributed by atoms with E-state index in [-0.39, 0.29) is 5.41 Å². The van der Waals surface area contributed by atoms with Crippen LogP contribution in [0, 0.1) is 5.41 Å². The minimum atomic E-state index is -0.147. The summed E-state index contributed by atoms with van der Waals surface area (Å²) in [5.41, 5.74) is 20.7. The number of aromatic nitrogens is 1. The number of benzene rings is 5. The van der Waals surface area contributed by atoms with Gasteiger partial charge in [0.15, 0.2) is 0 Å². The third-order valence-corrected chi connectivity index (χ3v) is 12.2. The standard InChI is InChI=1S/C50H43N3/c1-4-52-49(51)35-27-33(26-34(28-35)32-22-24-40-39-18-12-13-21-45(39)53(46(40)30-32)36-14-6-5-7-15-36)31-23-25-43-44(29-31)50(2,3)48-42-20-11-9-17-38(42)37-16-8-10-19-41(37)47(43)48/h4-6,10-14,18-30H,1,7-9,15-17H2,2-3H3,(H2,51,52). The number of nitrogens with zero attached hydrogens (tertiary/aromatic N) is 1. The SMILES string of the molecule is C=CNC(=N)c1cc(-c2ccc3c(c2)C(C)(C)c2c4c(c5c(c2-3)C=CCC5)CCC=C4)cc(-c2ccc3c4ccccc4n(C4=CC=CCC4)c3c2)c1. The Labute approximate surface area is 311 Å². The average molecular weight is 686 g/mol. The van der Waals surface area contributed by atoms with Crippen LogP contribution in [0.25, 0.3) is 73.0 Å². The Morgan fingerprint density at radius 3 is 2.21 bits per heavy atom. The lowest BCUT2D eigenvalue weighted by molar-refractivity contribution is 0.656. The molecule has 3 nitrogen and oxygen atoms in total. The minimum absolute atomic E-state index is 0.147. The highest BCUT2D eigenvalue weighted by Gasteiger charge is 2.41. The van der Waals surface area contributed by atoms with E-state index >= 15 is 0 Å². The molecule has 4 aliphatic carbocycles. The van der Waals surface area contributed by atoms with Crippen molar-refractivity contribution in [1.82, 2.24) is 9.88 Å². The van der Waals surface area contributed by atoms with E-state index in [0.29, 0.717) is 5.84 Å². The van der Waals surface area contributed by atoms with Gasteiger partial charge in [0.1, 0.15) is 5.84 Å². The second kappa shape index (κ2) is 12.1. The first-order valence-corrected chi connectivity index (χ1v) is 19.1. The molecule has 258 valence electrons. The van der Waals surface area contributed by atoms with Crippen molar-refractivity contribution in [2.75, 3.05) is 0 Å². The Morgan fingerprint density at radius 2 is 1.43 bits per heavy atom. The lowest BCUT2D eigenvalue weighted by Crippen LogP contribution is -2.19. The number of allylic oxidation sites excluding steroid dienone is 6. The lowest BCUT2D eigenvalue weighted by atomic mass is 9.74. The molecule has 0 atom stereocenters. The minimum Gasteiger partial charge on any atom is -0.347 e. The van der Waals surface area contributed by atoms with E-state index < -0.39 is 0 Å². The van der Waals surface area contributed by atoms with Gasteiger partial charge in [0.25, 0.3) is 0 Å². The van der Waals surface area contributed by atoms with E-state index in [1.54, 1.807) is 17.3 Å². The number of hydrogen-bond donors (Lipinski definition) is 2. The molecule has 2 N–H and O–H groups in total. The first-order chi connectivity index (χ1) is 25.9. The van der Waals surface area contributed by atoms with E-state index in [4.69, 9.17) is 5.41 Å². The number of rotatable bonds is 5. The van der Waals surface area contributed by atoms with Crippen molar-refractivity contribution in [1.29, 1.82) is 5.41 Å². The summed E-state index contributed by atoms with van der Waals surface area (Å²) >= 11 is 0. The molecule has 0 fully saturated rings. The second-order valence-electron chi connectivity index (χ2n) is 15.5. The van der Waals surface area contributed by atoms with Crippen LogP contribution >= 0.6 is 0 Å². The van der Waals surface area contributed by atoms with Gasteiger partial charge in [-0.05, 0) is 154 Å². The molecule has 1 heterocycles.